The van der Waals surface area contributed by atoms with Crippen molar-refractivity contribution >= 4 is 23.5 Å². The molecular formula is C23H25ClN4O3. The third kappa shape index (κ3) is 4.47. The predicted molar refractivity (Wildman–Crippen MR) is 120 cm³/mol. The van der Waals surface area contributed by atoms with E-state index in [0.29, 0.717) is 31.1 Å². The third-order valence-corrected chi connectivity index (χ3v) is 5.61. The number of aromatic carboxylic acids is 1. The Bertz CT molecular complexity index is 1090. The average Bonchev–Trinajstić information content (AvgIpc) is 3.32. The highest BCUT2D eigenvalue weighted by Gasteiger charge is 2.33. The number of aromatic nitrogens is 2. The summed E-state index contributed by atoms with van der Waals surface area (Å²) in [5.41, 5.74) is 10.2. The van der Waals surface area contributed by atoms with Crippen LogP contribution in [0, 0.1) is 0 Å². The zero-order chi connectivity index (χ0) is 21.3. The lowest BCUT2D eigenvalue weighted by atomic mass is 9.94. The Morgan fingerprint density at radius 1 is 1.19 bits per heavy atom. The number of H-pyrrole nitrogens is 1. The van der Waals surface area contributed by atoms with Crippen LogP contribution in [0.2, 0.25) is 5.02 Å². The van der Waals surface area contributed by atoms with Crippen molar-refractivity contribution in [2.45, 2.75) is 32.9 Å². The quantitative estimate of drug-likeness (QED) is 0.535. The molecule has 162 valence electrons. The zero-order valence-electron chi connectivity index (χ0n) is 16.1. The van der Waals surface area contributed by atoms with Crippen molar-refractivity contribution in [1.29, 1.82) is 0 Å². The molecular weight excluding hydrogens is 416 g/mol. The number of benzene rings is 2. The number of halogens is 1. The second kappa shape index (κ2) is 9.32. The van der Waals surface area contributed by atoms with Gasteiger partial charge in [-0.2, -0.15) is 5.10 Å². The van der Waals surface area contributed by atoms with E-state index in [1.165, 1.54) is 0 Å². The molecule has 0 bridgehead atoms. The molecule has 1 atom stereocenters. The number of rotatable bonds is 6. The molecule has 2 aromatic carbocycles. The number of hydrogen-bond donors (Lipinski definition) is 3. The van der Waals surface area contributed by atoms with Crippen LogP contribution < -0.4 is 5.73 Å². The predicted octanol–water partition coefficient (Wildman–Crippen LogP) is 4.04. The molecule has 0 saturated heterocycles. The highest BCUT2D eigenvalue weighted by atomic mass is 35.5. The van der Waals surface area contributed by atoms with Gasteiger partial charge < -0.3 is 15.7 Å². The number of carbonyl (C=O) groups is 2. The van der Waals surface area contributed by atoms with Crippen molar-refractivity contribution in [3.05, 3.63) is 75.9 Å². The first-order valence-electron chi connectivity index (χ1n) is 9.62. The smallest absolute Gasteiger partial charge is 0.335 e. The van der Waals surface area contributed by atoms with E-state index in [-0.39, 0.29) is 24.8 Å². The van der Waals surface area contributed by atoms with E-state index in [1.807, 2.05) is 18.2 Å². The van der Waals surface area contributed by atoms with E-state index in [2.05, 4.69) is 10.2 Å². The average molecular weight is 441 g/mol. The number of carbonyl (C=O) groups excluding carboxylic acids is 1. The van der Waals surface area contributed by atoms with Crippen molar-refractivity contribution < 1.29 is 14.7 Å². The van der Waals surface area contributed by atoms with Gasteiger partial charge >= 0.3 is 5.97 Å². The van der Waals surface area contributed by atoms with Crippen molar-refractivity contribution in [2.24, 2.45) is 5.73 Å². The van der Waals surface area contributed by atoms with Gasteiger partial charge in [0.2, 0.25) is 5.91 Å². The summed E-state index contributed by atoms with van der Waals surface area (Å²) < 4.78 is 0. The Labute approximate surface area is 185 Å². The Kier molecular flexibility index (Phi) is 6.77. The molecule has 1 amide bonds. The normalized spacial score (nSPS) is 13.4. The molecule has 3 aromatic rings. The van der Waals surface area contributed by atoms with Gasteiger partial charge in [0.05, 0.1) is 36.0 Å². The van der Waals surface area contributed by atoms with Gasteiger partial charge in [0.1, 0.15) is 0 Å². The summed E-state index contributed by atoms with van der Waals surface area (Å²) in [6.45, 7) is 1.27. The molecule has 8 heteroatoms. The van der Waals surface area contributed by atoms with Gasteiger partial charge in [0.15, 0.2) is 0 Å². The number of carboxylic acid groups (broad SMARTS) is 1. The van der Waals surface area contributed by atoms with Crippen LogP contribution >= 0.6 is 11.6 Å². The van der Waals surface area contributed by atoms with Gasteiger partial charge in [-0.05, 0) is 42.8 Å². The molecule has 1 unspecified atom stereocenters. The summed E-state index contributed by atoms with van der Waals surface area (Å²) in [5.74, 6) is -1.33. The van der Waals surface area contributed by atoms with E-state index in [0.717, 1.165) is 28.1 Å². The molecule has 0 spiro atoms. The van der Waals surface area contributed by atoms with E-state index in [4.69, 9.17) is 22.4 Å². The minimum atomic E-state index is -0.975. The Hall–Kier alpha value is -3.16. The lowest BCUT2D eigenvalue weighted by molar-refractivity contribution is -0.133. The first-order chi connectivity index (χ1) is 14.5. The van der Waals surface area contributed by atoms with E-state index in [9.17, 15) is 9.59 Å². The Balaban J connectivity index is 0.00000272. The molecule has 4 N–H and O–H groups in total. The SMILES string of the molecule is C.NCCC(C(=O)N1Cc2[nH]nc(-c3ccc(C(=O)O)cc3)c2C1)c1cccc(Cl)c1. The van der Waals surface area contributed by atoms with E-state index >= 15 is 0 Å². The second-order valence-corrected chi connectivity index (χ2v) is 7.73. The first-order valence-corrected chi connectivity index (χ1v) is 10.00. The fourth-order valence-corrected chi connectivity index (χ4v) is 4.05. The molecule has 0 saturated carbocycles. The number of nitrogens with zero attached hydrogens (tertiary/aromatic N) is 2. The number of amides is 1. The Morgan fingerprint density at radius 2 is 1.94 bits per heavy atom. The standard InChI is InChI=1S/C22H21ClN4O3.CH4/c23-16-3-1-2-15(10-16)17(8-9-24)21(28)27-11-18-19(12-27)25-26-20(18)13-4-6-14(7-5-13)22(29)30;/h1-7,10,17H,8-9,11-12,24H2,(H,25,26)(H,29,30);1H4. The van der Waals surface area contributed by atoms with Gasteiger partial charge in [0.25, 0.3) is 0 Å². The van der Waals surface area contributed by atoms with E-state index < -0.39 is 5.97 Å². The maximum Gasteiger partial charge on any atom is 0.335 e. The summed E-state index contributed by atoms with van der Waals surface area (Å²) >= 11 is 6.12. The molecule has 1 aromatic heterocycles. The van der Waals surface area contributed by atoms with Crippen LogP contribution in [0.25, 0.3) is 11.3 Å². The lowest BCUT2D eigenvalue weighted by Crippen LogP contribution is -2.32. The van der Waals surface area contributed by atoms with Crippen LogP contribution in [0.1, 0.15) is 46.9 Å². The molecule has 1 aliphatic heterocycles. The number of aromatic amines is 1. The maximum atomic E-state index is 13.3. The molecule has 0 aliphatic carbocycles. The molecule has 1 aliphatic rings. The van der Waals surface area contributed by atoms with Crippen molar-refractivity contribution in [3.8, 4) is 11.3 Å². The first kappa shape index (κ1) is 22.5. The van der Waals surface area contributed by atoms with Gasteiger partial charge in [-0.3, -0.25) is 9.89 Å². The second-order valence-electron chi connectivity index (χ2n) is 7.29. The van der Waals surface area contributed by atoms with Crippen LogP contribution in [-0.4, -0.2) is 38.6 Å². The monoisotopic (exact) mass is 440 g/mol. The third-order valence-electron chi connectivity index (χ3n) is 5.37. The van der Waals surface area contributed by atoms with Gasteiger partial charge in [-0.15, -0.1) is 0 Å². The van der Waals surface area contributed by atoms with Gasteiger partial charge in [-0.1, -0.05) is 43.3 Å². The number of carboxylic acids is 1. The topological polar surface area (TPSA) is 112 Å². The van der Waals surface area contributed by atoms with Crippen molar-refractivity contribution in [2.75, 3.05) is 6.54 Å². The molecule has 0 fully saturated rings. The van der Waals surface area contributed by atoms with Gasteiger partial charge in [-0.25, -0.2) is 4.79 Å². The minimum Gasteiger partial charge on any atom is -0.478 e. The number of nitrogens with one attached hydrogen (secondary N) is 1. The highest BCUT2D eigenvalue weighted by Crippen LogP contribution is 2.33. The van der Waals surface area contributed by atoms with Gasteiger partial charge in [0, 0.05) is 16.1 Å². The molecule has 0 radical (unpaired) electrons. The zero-order valence-corrected chi connectivity index (χ0v) is 16.9. The fraction of sp³-hybridized carbons (Fsp3) is 0.261. The molecule has 31 heavy (non-hydrogen) atoms. The van der Waals surface area contributed by atoms with Crippen LogP contribution in [0.5, 0.6) is 0 Å². The van der Waals surface area contributed by atoms with Crippen LogP contribution in [-0.2, 0) is 17.9 Å². The number of hydrogen-bond acceptors (Lipinski definition) is 4. The van der Waals surface area contributed by atoms with Crippen LogP contribution in [0.4, 0.5) is 0 Å². The highest BCUT2D eigenvalue weighted by molar-refractivity contribution is 6.30. The molecule has 2 heterocycles. The summed E-state index contributed by atoms with van der Waals surface area (Å²) in [6.07, 6.45) is 0.533. The number of fused-ring (bicyclic) bond motifs is 1. The summed E-state index contributed by atoms with van der Waals surface area (Å²) in [4.78, 5) is 26.2. The summed E-state index contributed by atoms with van der Waals surface area (Å²) in [5, 5.41) is 17.1. The minimum absolute atomic E-state index is 0. The summed E-state index contributed by atoms with van der Waals surface area (Å²) in [7, 11) is 0. The van der Waals surface area contributed by atoms with E-state index in [1.54, 1.807) is 35.2 Å². The molecule has 7 nitrogen and oxygen atoms in total. The Morgan fingerprint density at radius 3 is 2.58 bits per heavy atom. The largest absolute Gasteiger partial charge is 0.478 e. The van der Waals surface area contributed by atoms with Crippen molar-refractivity contribution in [1.82, 2.24) is 15.1 Å². The van der Waals surface area contributed by atoms with Crippen LogP contribution in [0.15, 0.2) is 48.5 Å². The van der Waals surface area contributed by atoms with Crippen LogP contribution in [0.3, 0.4) is 0 Å². The summed E-state index contributed by atoms with van der Waals surface area (Å²) in [6, 6.07) is 13.9. The lowest BCUT2D eigenvalue weighted by Gasteiger charge is -2.23. The fourth-order valence-electron chi connectivity index (χ4n) is 3.85. The number of nitrogens with two attached hydrogens (primary N) is 1. The van der Waals surface area contributed by atoms with Crippen molar-refractivity contribution in [3.63, 3.8) is 0 Å². The molecule has 4 rings (SSSR count). The maximum absolute atomic E-state index is 13.3.